The first-order chi connectivity index (χ1) is 11.2. The third kappa shape index (κ3) is 1.99. The van der Waals surface area contributed by atoms with Gasteiger partial charge in [0.15, 0.2) is 12.6 Å². The van der Waals surface area contributed by atoms with Gasteiger partial charge in [0, 0.05) is 36.2 Å². The summed E-state index contributed by atoms with van der Waals surface area (Å²) < 4.78 is 22.8. The van der Waals surface area contributed by atoms with E-state index in [1.165, 1.54) is 7.11 Å². The molecule has 0 bridgehead atoms. The standard InChI is InChI=1S/C13H27N6O4P/c1-20-11-13(19)2(5(13)14)4(8(16)23-11)21-10-3-7(24)12(3,18)6(15)9(17)22-10/h2-11H,14-19,24H2,1H3/t2?,3-,4?,5?,6?,7?,8?,9?,10?,11?,12?,13+/m0/s1. The normalized spacial score (nSPS) is 65.0. The van der Waals surface area contributed by atoms with E-state index in [0.717, 1.165) is 0 Å². The van der Waals surface area contributed by atoms with Crippen LogP contribution in [0.3, 0.4) is 0 Å². The van der Waals surface area contributed by atoms with Crippen LogP contribution in [-0.4, -0.2) is 67.1 Å². The lowest BCUT2D eigenvalue weighted by atomic mass is 10.0. The van der Waals surface area contributed by atoms with Crippen LogP contribution < -0.4 is 34.4 Å². The van der Waals surface area contributed by atoms with Crippen LogP contribution in [-0.2, 0) is 18.9 Å². The van der Waals surface area contributed by atoms with Crippen molar-refractivity contribution in [2.45, 2.75) is 60.0 Å². The predicted molar refractivity (Wildman–Crippen MR) is 87.8 cm³/mol. The fraction of sp³-hybridized carbons (Fsp3) is 1.00. The molecule has 0 aromatic rings. The van der Waals surface area contributed by atoms with Crippen LogP contribution in [0.15, 0.2) is 0 Å². The van der Waals surface area contributed by atoms with Crippen LogP contribution in [0.2, 0.25) is 0 Å². The van der Waals surface area contributed by atoms with Gasteiger partial charge in [-0.25, -0.2) is 0 Å². The highest BCUT2D eigenvalue weighted by atomic mass is 31.0. The van der Waals surface area contributed by atoms with Gasteiger partial charge in [0.05, 0.1) is 11.6 Å². The summed E-state index contributed by atoms with van der Waals surface area (Å²) in [4.78, 5) is 0. The molecule has 2 saturated heterocycles. The maximum atomic E-state index is 6.38. The first kappa shape index (κ1) is 17.4. The maximum Gasteiger partial charge on any atom is 0.179 e. The molecule has 0 radical (unpaired) electrons. The number of nitrogens with two attached hydrogens (primary N) is 6. The Morgan fingerprint density at radius 1 is 0.917 bits per heavy atom. The highest BCUT2D eigenvalue weighted by Crippen LogP contribution is 2.57. The Balaban J connectivity index is 1.52. The molecule has 2 aliphatic carbocycles. The fourth-order valence-electron chi connectivity index (χ4n) is 4.47. The van der Waals surface area contributed by atoms with E-state index in [2.05, 4.69) is 9.24 Å². The summed E-state index contributed by atoms with van der Waals surface area (Å²) in [5.74, 6) is -0.290. The van der Waals surface area contributed by atoms with Crippen LogP contribution in [0.4, 0.5) is 0 Å². The summed E-state index contributed by atoms with van der Waals surface area (Å²) in [6, 6.07) is -0.801. The van der Waals surface area contributed by atoms with Crippen LogP contribution in [0.1, 0.15) is 0 Å². The SMILES string of the molecule is COC1OC(N)C(OC2OC(N)C(N)C3(N)C(P)[C@@H]23)C2C(N)[C@@]12N. The van der Waals surface area contributed by atoms with Crippen molar-refractivity contribution in [1.29, 1.82) is 0 Å². The van der Waals surface area contributed by atoms with E-state index in [9.17, 15) is 0 Å². The van der Waals surface area contributed by atoms with E-state index in [4.69, 9.17) is 53.3 Å². The zero-order valence-electron chi connectivity index (χ0n) is 13.4. The van der Waals surface area contributed by atoms with Crippen molar-refractivity contribution in [3.05, 3.63) is 0 Å². The van der Waals surface area contributed by atoms with E-state index in [0.29, 0.717) is 0 Å². The average Bonchev–Trinajstić information content (AvgIpc) is 3.31. The molecule has 2 aliphatic heterocycles. The second kappa shape index (κ2) is 5.28. The molecule has 0 aromatic carbocycles. The Morgan fingerprint density at radius 3 is 2.21 bits per heavy atom. The van der Waals surface area contributed by atoms with Crippen molar-refractivity contribution in [2.24, 2.45) is 46.2 Å². The molecule has 4 fully saturated rings. The van der Waals surface area contributed by atoms with Crippen molar-refractivity contribution >= 4 is 9.24 Å². The highest BCUT2D eigenvalue weighted by molar-refractivity contribution is 7.18. The monoisotopic (exact) mass is 362 g/mol. The van der Waals surface area contributed by atoms with Crippen LogP contribution in [0.5, 0.6) is 0 Å². The highest BCUT2D eigenvalue weighted by Gasteiger charge is 2.75. The number of hydrogen-bond donors (Lipinski definition) is 6. The molecule has 12 N–H and O–H groups in total. The lowest BCUT2D eigenvalue weighted by Crippen LogP contribution is -2.64. The number of hydrogen-bond acceptors (Lipinski definition) is 10. The van der Waals surface area contributed by atoms with Gasteiger partial charge in [0.2, 0.25) is 0 Å². The molecule has 11 heteroatoms. The van der Waals surface area contributed by atoms with Gasteiger partial charge < -0.3 is 53.3 Å². The molecule has 4 rings (SSSR count). The molecule has 2 saturated carbocycles. The molecule has 13 atom stereocenters. The maximum absolute atomic E-state index is 6.38. The smallest absolute Gasteiger partial charge is 0.179 e. The van der Waals surface area contributed by atoms with Gasteiger partial charge in [0.1, 0.15) is 18.6 Å². The molecule has 24 heavy (non-hydrogen) atoms. The summed E-state index contributed by atoms with van der Waals surface area (Å²) >= 11 is 0. The second-order valence-corrected chi connectivity index (χ2v) is 8.09. The Hall–Kier alpha value is 0.0300. The fourth-order valence-corrected chi connectivity index (χ4v) is 5.32. The summed E-state index contributed by atoms with van der Waals surface area (Å²) in [7, 11) is 4.19. The van der Waals surface area contributed by atoms with Gasteiger partial charge in [0.25, 0.3) is 0 Å². The predicted octanol–water partition coefficient (Wildman–Crippen LogP) is -4.15. The number of methoxy groups -OCH3 is 1. The Labute approximate surface area is 142 Å². The molecule has 4 aliphatic rings. The average molecular weight is 362 g/mol. The molecule has 2 heterocycles. The number of rotatable bonds is 3. The number of ether oxygens (including phenoxy) is 4. The zero-order valence-corrected chi connectivity index (χ0v) is 14.6. The van der Waals surface area contributed by atoms with E-state index in [-0.39, 0.29) is 23.5 Å². The minimum absolute atomic E-state index is 0.0500. The van der Waals surface area contributed by atoms with Gasteiger partial charge in [-0.05, 0) is 0 Å². The summed E-state index contributed by atoms with van der Waals surface area (Å²) in [5.41, 5.74) is 35.6. The van der Waals surface area contributed by atoms with E-state index in [1.807, 2.05) is 0 Å². The molecule has 0 aromatic heterocycles. The van der Waals surface area contributed by atoms with Gasteiger partial charge in [-0.1, -0.05) is 0 Å². The van der Waals surface area contributed by atoms with Crippen molar-refractivity contribution in [3.8, 4) is 0 Å². The molecular weight excluding hydrogens is 335 g/mol. The molecule has 0 spiro atoms. The van der Waals surface area contributed by atoms with E-state index in [1.54, 1.807) is 0 Å². The van der Waals surface area contributed by atoms with Gasteiger partial charge in [-0.2, -0.15) is 0 Å². The Morgan fingerprint density at radius 2 is 1.58 bits per heavy atom. The Kier molecular flexibility index (Phi) is 3.83. The van der Waals surface area contributed by atoms with E-state index < -0.39 is 48.3 Å². The number of fused-ring (bicyclic) bond motifs is 2. The zero-order chi connectivity index (χ0) is 17.6. The third-order valence-electron chi connectivity index (χ3n) is 6.25. The van der Waals surface area contributed by atoms with Crippen molar-refractivity contribution in [1.82, 2.24) is 0 Å². The third-order valence-corrected chi connectivity index (χ3v) is 7.24. The van der Waals surface area contributed by atoms with Crippen LogP contribution in [0, 0.1) is 11.8 Å². The lowest BCUT2D eigenvalue weighted by Gasteiger charge is -2.41. The minimum Gasteiger partial charge on any atom is -0.354 e. The summed E-state index contributed by atoms with van der Waals surface area (Å²) in [6.45, 7) is 0. The van der Waals surface area contributed by atoms with Gasteiger partial charge >= 0.3 is 0 Å². The van der Waals surface area contributed by atoms with E-state index >= 15 is 0 Å². The van der Waals surface area contributed by atoms with Gasteiger partial charge in [-0.15, -0.1) is 9.24 Å². The first-order valence-corrected chi connectivity index (χ1v) is 8.70. The van der Waals surface area contributed by atoms with Crippen LogP contribution in [0.25, 0.3) is 0 Å². The summed E-state index contributed by atoms with van der Waals surface area (Å²) in [5, 5.41) is 0. The van der Waals surface area contributed by atoms with Crippen molar-refractivity contribution in [2.75, 3.05) is 7.11 Å². The molecule has 138 valence electrons. The molecule has 10 nitrogen and oxygen atoms in total. The van der Waals surface area contributed by atoms with Crippen LogP contribution >= 0.6 is 9.24 Å². The molecule has 11 unspecified atom stereocenters. The molecule has 0 amide bonds. The first-order valence-electron chi connectivity index (χ1n) is 8.03. The van der Waals surface area contributed by atoms with Crippen molar-refractivity contribution < 1.29 is 18.9 Å². The van der Waals surface area contributed by atoms with Crippen molar-refractivity contribution in [3.63, 3.8) is 0 Å². The molecular formula is C13H27N6O4P. The topological polar surface area (TPSA) is 193 Å². The second-order valence-electron chi connectivity index (χ2n) is 7.37. The lowest BCUT2D eigenvalue weighted by molar-refractivity contribution is -0.283. The summed E-state index contributed by atoms with van der Waals surface area (Å²) in [6.07, 6.45) is -3.30. The minimum atomic E-state index is -0.827. The Bertz CT molecular complexity index is 547. The van der Waals surface area contributed by atoms with Gasteiger partial charge in [-0.3, -0.25) is 0 Å². The largest absolute Gasteiger partial charge is 0.354 e. The quantitative estimate of drug-likeness (QED) is 0.268.